The van der Waals surface area contributed by atoms with Crippen molar-refractivity contribution < 1.29 is 23.7 Å². The number of carboxylic acid groups (broad SMARTS) is 1. The first kappa shape index (κ1) is 17.5. The van der Waals surface area contributed by atoms with Gasteiger partial charge in [-0.3, -0.25) is 14.2 Å². The van der Waals surface area contributed by atoms with Gasteiger partial charge in [0.1, 0.15) is 5.82 Å². The van der Waals surface area contributed by atoms with Crippen LogP contribution in [0.4, 0.5) is 13.8 Å². The van der Waals surface area contributed by atoms with Crippen molar-refractivity contribution >= 4 is 5.97 Å². The van der Waals surface area contributed by atoms with Crippen LogP contribution in [0.3, 0.4) is 0 Å². The lowest BCUT2D eigenvalue weighted by Crippen LogP contribution is -1.78. The maximum atomic E-state index is 11.9. The van der Waals surface area contributed by atoms with Gasteiger partial charge in [0.25, 0.3) is 5.97 Å². The van der Waals surface area contributed by atoms with Gasteiger partial charge < -0.3 is 5.11 Å². The molecule has 1 aromatic rings. The van der Waals surface area contributed by atoms with E-state index in [1.165, 1.54) is 12.1 Å². The number of hydrogen-bond acceptors (Lipinski definition) is 1. The number of benzene rings is 1. The Kier molecular flexibility index (Phi) is 14.1. The lowest BCUT2D eigenvalue weighted by Gasteiger charge is -1.78. The molecule has 1 N–H and O–H groups in total. The topological polar surface area (TPSA) is 37.3 Å². The lowest BCUT2D eigenvalue weighted by molar-refractivity contribution is -0.134. The molecule has 0 heterocycles. The third kappa shape index (κ3) is 17.9. The number of carboxylic acids is 1. The zero-order valence-corrected chi connectivity index (χ0v) is 6.94. The molecular weight excluding hydrogens is 185 g/mol. The van der Waals surface area contributed by atoms with Gasteiger partial charge in [-0.05, 0) is 12.1 Å². The van der Waals surface area contributed by atoms with Crippen molar-refractivity contribution in [2.45, 2.75) is 6.92 Å². The molecule has 76 valence electrons. The smallest absolute Gasteiger partial charge is 0.300 e. The fourth-order valence-electron chi connectivity index (χ4n) is 0.415. The van der Waals surface area contributed by atoms with Crippen molar-refractivity contribution in [1.82, 2.24) is 0 Å². The second kappa shape index (κ2) is 10.5. The average molecular weight is 196 g/mol. The van der Waals surface area contributed by atoms with Gasteiger partial charge in [0, 0.05) is 6.92 Å². The van der Waals surface area contributed by atoms with Gasteiger partial charge in [0.2, 0.25) is 0 Å². The number of carbonyl (C=O) groups is 1. The lowest BCUT2D eigenvalue weighted by atomic mass is 10.4. The molecule has 13 heavy (non-hydrogen) atoms. The van der Waals surface area contributed by atoms with Crippen LogP contribution in [0.2, 0.25) is 0 Å². The summed E-state index contributed by atoms with van der Waals surface area (Å²) in [6.07, 6.45) is 0. The second-order valence-electron chi connectivity index (χ2n) is 1.81. The minimum atomic E-state index is -0.833. The Hall–Kier alpha value is -1.52. The standard InChI is InChI=1S/C6H5F.C2H4O2.2FH/c7-6-4-2-1-3-5-6;1-2(3)4;;/h1-5H;1H3,(H,3,4);2*1H. The summed E-state index contributed by atoms with van der Waals surface area (Å²) in [5, 5.41) is 7.42. The van der Waals surface area contributed by atoms with E-state index in [1.54, 1.807) is 18.2 Å². The molecule has 1 aromatic carbocycles. The third-order valence-electron chi connectivity index (χ3n) is 0.733. The van der Waals surface area contributed by atoms with Gasteiger partial charge in [-0.1, -0.05) is 18.2 Å². The number of aliphatic carboxylic acids is 1. The molecule has 0 fully saturated rings. The van der Waals surface area contributed by atoms with Crippen LogP contribution in [0, 0.1) is 5.82 Å². The van der Waals surface area contributed by atoms with E-state index >= 15 is 0 Å². The van der Waals surface area contributed by atoms with Gasteiger partial charge in [0.05, 0.1) is 0 Å². The first-order valence-electron chi connectivity index (χ1n) is 3.03. The summed E-state index contributed by atoms with van der Waals surface area (Å²) in [6.45, 7) is 1.08. The zero-order valence-electron chi connectivity index (χ0n) is 6.94. The molecule has 0 aliphatic heterocycles. The molecule has 0 aliphatic carbocycles. The van der Waals surface area contributed by atoms with E-state index in [9.17, 15) is 4.39 Å². The van der Waals surface area contributed by atoms with Crippen LogP contribution in [-0.2, 0) is 4.79 Å². The molecule has 0 unspecified atom stereocenters. The van der Waals surface area contributed by atoms with Gasteiger partial charge in [-0.15, -0.1) is 0 Å². The highest BCUT2D eigenvalue weighted by atomic mass is 19.1. The van der Waals surface area contributed by atoms with Gasteiger partial charge in [-0.2, -0.15) is 0 Å². The van der Waals surface area contributed by atoms with E-state index < -0.39 is 5.97 Å². The van der Waals surface area contributed by atoms with Crippen molar-refractivity contribution in [2.75, 3.05) is 0 Å². The van der Waals surface area contributed by atoms with Crippen LogP contribution < -0.4 is 0 Å². The molecule has 0 aliphatic rings. The van der Waals surface area contributed by atoms with E-state index in [4.69, 9.17) is 9.90 Å². The summed E-state index contributed by atoms with van der Waals surface area (Å²) >= 11 is 0. The first-order valence-corrected chi connectivity index (χ1v) is 3.03. The van der Waals surface area contributed by atoms with Crippen LogP contribution >= 0.6 is 0 Å². The van der Waals surface area contributed by atoms with Crippen molar-refractivity contribution in [3.05, 3.63) is 36.1 Å². The van der Waals surface area contributed by atoms with Crippen LogP contribution in [0.15, 0.2) is 30.3 Å². The minimum absolute atomic E-state index is 0. The Labute approximate surface area is 73.7 Å². The monoisotopic (exact) mass is 196 g/mol. The Morgan fingerprint density at radius 1 is 1.23 bits per heavy atom. The number of rotatable bonds is 0. The van der Waals surface area contributed by atoms with Crippen molar-refractivity contribution in [2.24, 2.45) is 0 Å². The summed E-state index contributed by atoms with van der Waals surface area (Å²) in [5.74, 6) is -1.01. The second-order valence-corrected chi connectivity index (χ2v) is 1.81. The van der Waals surface area contributed by atoms with Crippen LogP contribution in [0.1, 0.15) is 6.92 Å². The average Bonchev–Trinajstić information content (AvgIpc) is 1.87. The SMILES string of the molecule is CC(=O)O.F.F.Fc1ccccc1. The molecule has 2 nitrogen and oxygen atoms in total. The number of hydrogen-bond donors (Lipinski definition) is 1. The van der Waals surface area contributed by atoms with Crippen LogP contribution in [0.25, 0.3) is 0 Å². The Morgan fingerprint density at radius 2 is 1.54 bits per heavy atom. The van der Waals surface area contributed by atoms with Crippen molar-refractivity contribution in [3.8, 4) is 0 Å². The van der Waals surface area contributed by atoms with Crippen molar-refractivity contribution in [1.29, 1.82) is 0 Å². The van der Waals surface area contributed by atoms with E-state index in [0.29, 0.717) is 0 Å². The molecule has 5 heteroatoms. The highest BCUT2D eigenvalue weighted by molar-refractivity contribution is 5.62. The summed E-state index contributed by atoms with van der Waals surface area (Å²) in [7, 11) is 0. The van der Waals surface area contributed by atoms with E-state index in [0.717, 1.165) is 6.92 Å². The molecule has 0 amide bonds. The molecule has 0 atom stereocenters. The highest BCUT2D eigenvalue weighted by Crippen LogP contribution is 1.91. The molecule has 0 saturated carbocycles. The molecule has 0 radical (unpaired) electrons. The number of halogens is 3. The fraction of sp³-hybridized carbons (Fsp3) is 0.125. The van der Waals surface area contributed by atoms with Crippen LogP contribution in [-0.4, -0.2) is 11.1 Å². The molecular formula is C8H11F3O2. The third-order valence-corrected chi connectivity index (χ3v) is 0.733. The quantitative estimate of drug-likeness (QED) is 0.690. The maximum Gasteiger partial charge on any atom is 0.300 e. The summed E-state index contributed by atoms with van der Waals surface area (Å²) in [4.78, 5) is 9.00. The Bertz CT molecular complexity index is 210. The molecule has 0 saturated heterocycles. The Balaban J connectivity index is -0.000000150. The predicted octanol–water partition coefficient (Wildman–Crippen LogP) is 2.22. The summed E-state index contributed by atoms with van der Waals surface area (Å²) < 4.78 is 11.9. The zero-order chi connectivity index (χ0) is 8.69. The van der Waals surface area contributed by atoms with E-state index in [1.807, 2.05) is 0 Å². The molecule has 1 rings (SSSR count). The van der Waals surface area contributed by atoms with E-state index in [2.05, 4.69) is 0 Å². The normalized spacial score (nSPS) is 6.62. The highest BCUT2D eigenvalue weighted by Gasteiger charge is 1.77. The van der Waals surface area contributed by atoms with Gasteiger partial charge >= 0.3 is 0 Å². The fourth-order valence-corrected chi connectivity index (χ4v) is 0.415. The van der Waals surface area contributed by atoms with Gasteiger partial charge in [-0.25, -0.2) is 4.39 Å². The summed E-state index contributed by atoms with van der Waals surface area (Å²) in [6, 6.07) is 7.94. The Morgan fingerprint density at radius 3 is 1.69 bits per heavy atom. The molecule has 0 aromatic heterocycles. The molecule has 0 spiro atoms. The molecule has 0 bridgehead atoms. The van der Waals surface area contributed by atoms with Crippen molar-refractivity contribution in [3.63, 3.8) is 0 Å². The maximum absolute atomic E-state index is 11.9. The largest absolute Gasteiger partial charge is 0.481 e. The van der Waals surface area contributed by atoms with Gasteiger partial charge in [0.15, 0.2) is 0 Å². The van der Waals surface area contributed by atoms with E-state index in [-0.39, 0.29) is 15.2 Å². The first-order chi connectivity index (χ1) is 5.13. The summed E-state index contributed by atoms with van der Waals surface area (Å²) in [5.41, 5.74) is 0. The predicted molar refractivity (Wildman–Crippen MR) is 44.7 cm³/mol. The van der Waals surface area contributed by atoms with Crippen LogP contribution in [0.5, 0.6) is 0 Å². The minimum Gasteiger partial charge on any atom is -0.481 e.